The van der Waals surface area contributed by atoms with E-state index < -0.39 is 5.72 Å². The van der Waals surface area contributed by atoms with Crippen LogP contribution in [-0.4, -0.2) is 58.9 Å². The molecule has 0 bridgehead atoms. The van der Waals surface area contributed by atoms with Crippen molar-refractivity contribution < 1.29 is 19.1 Å². The third-order valence-electron chi connectivity index (χ3n) is 6.42. The summed E-state index contributed by atoms with van der Waals surface area (Å²) in [6.07, 6.45) is 6.46. The van der Waals surface area contributed by atoms with Crippen molar-refractivity contribution in [3.63, 3.8) is 0 Å². The number of ether oxygens (including phenoxy) is 1. The molecule has 0 atom stereocenters. The van der Waals surface area contributed by atoms with Crippen LogP contribution in [0.5, 0.6) is 5.75 Å². The molecule has 7 nitrogen and oxygen atoms in total. The lowest BCUT2D eigenvalue weighted by Crippen LogP contribution is -2.65. The highest BCUT2D eigenvalue weighted by atomic mass is 16.5. The van der Waals surface area contributed by atoms with Crippen LogP contribution in [0.3, 0.4) is 0 Å². The fourth-order valence-corrected chi connectivity index (χ4v) is 4.75. The van der Waals surface area contributed by atoms with Crippen LogP contribution in [-0.2, 0) is 9.59 Å². The van der Waals surface area contributed by atoms with Crippen molar-refractivity contribution in [3.05, 3.63) is 29.8 Å². The minimum atomic E-state index is -0.888. The monoisotopic (exact) mass is 399 g/mol. The van der Waals surface area contributed by atoms with Gasteiger partial charge in [0.25, 0.3) is 5.91 Å². The molecule has 1 N–H and O–H groups in total. The molecule has 0 aromatic heterocycles. The van der Waals surface area contributed by atoms with Gasteiger partial charge < -0.3 is 15.0 Å². The maximum atomic E-state index is 13.3. The second-order valence-electron chi connectivity index (χ2n) is 8.34. The summed E-state index contributed by atoms with van der Waals surface area (Å²) in [5, 5.41) is 3.11. The van der Waals surface area contributed by atoms with E-state index in [1.807, 2.05) is 6.07 Å². The van der Waals surface area contributed by atoms with Gasteiger partial charge in [0.1, 0.15) is 12.3 Å². The van der Waals surface area contributed by atoms with Crippen molar-refractivity contribution in [1.29, 1.82) is 0 Å². The number of likely N-dealkylation sites (tertiary alicyclic amines) is 1. The van der Waals surface area contributed by atoms with Gasteiger partial charge in [-0.3, -0.25) is 19.3 Å². The zero-order valence-electron chi connectivity index (χ0n) is 17.0. The molecular formula is C22H29N3O4. The first kappa shape index (κ1) is 19.7. The van der Waals surface area contributed by atoms with Crippen LogP contribution in [0.15, 0.2) is 24.3 Å². The molecule has 156 valence electrons. The highest BCUT2D eigenvalue weighted by Gasteiger charge is 2.49. The van der Waals surface area contributed by atoms with Crippen molar-refractivity contribution in [3.8, 4) is 5.75 Å². The summed E-state index contributed by atoms with van der Waals surface area (Å²) < 4.78 is 6.35. The molecule has 0 radical (unpaired) electrons. The van der Waals surface area contributed by atoms with Gasteiger partial charge in [-0.05, 0) is 25.0 Å². The number of carbonyl (C=O) groups is 3. The molecule has 1 saturated heterocycles. The first-order valence-corrected chi connectivity index (χ1v) is 10.6. The van der Waals surface area contributed by atoms with Gasteiger partial charge in [-0.25, -0.2) is 0 Å². The Kier molecular flexibility index (Phi) is 5.48. The number of carbonyl (C=O) groups excluding carboxylic acids is 3. The van der Waals surface area contributed by atoms with Crippen LogP contribution in [0.2, 0.25) is 0 Å². The highest BCUT2D eigenvalue weighted by molar-refractivity contribution is 6.00. The van der Waals surface area contributed by atoms with Crippen LogP contribution in [0, 0.1) is 0 Å². The minimum Gasteiger partial charge on any atom is -0.467 e. The van der Waals surface area contributed by atoms with Gasteiger partial charge in [0.2, 0.25) is 11.8 Å². The summed E-state index contributed by atoms with van der Waals surface area (Å²) in [5.41, 5.74) is -0.404. The molecule has 1 aromatic carbocycles. The highest BCUT2D eigenvalue weighted by Crippen LogP contribution is 2.39. The molecule has 2 fully saturated rings. The number of hydrogen-bond acceptors (Lipinski definition) is 4. The van der Waals surface area contributed by atoms with E-state index in [9.17, 15) is 14.4 Å². The third-order valence-corrected chi connectivity index (χ3v) is 6.42. The summed E-state index contributed by atoms with van der Waals surface area (Å²) in [4.78, 5) is 41.2. The Morgan fingerprint density at radius 1 is 1.14 bits per heavy atom. The van der Waals surface area contributed by atoms with Gasteiger partial charge in [-0.2, -0.15) is 0 Å². The van der Waals surface area contributed by atoms with Crippen molar-refractivity contribution >= 4 is 17.7 Å². The fourth-order valence-electron chi connectivity index (χ4n) is 4.75. The number of para-hydroxylation sites is 1. The first-order chi connectivity index (χ1) is 14.0. The fraction of sp³-hybridized carbons (Fsp3) is 0.591. The SMILES string of the molecule is CC(=O)N1CCC2(CC1)Oc1ccccc1C(=O)N2CC(=O)NC1CCCCC1. The van der Waals surface area contributed by atoms with Gasteiger partial charge >= 0.3 is 0 Å². The third kappa shape index (κ3) is 3.95. The lowest BCUT2D eigenvalue weighted by molar-refractivity contribution is -0.146. The van der Waals surface area contributed by atoms with Crippen LogP contribution in [0.25, 0.3) is 0 Å². The Morgan fingerprint density at radius 2 is 1.83 bits per heavy atom. The van der Waals surface area contributed by atoms with Crippen LogP contribution < -0.4 is 10.1 Å². The lowest BCUT2D eigenvalue weighted by atomic mass is 9.93. The Labute approximate surface area is 171 Å². The molecule has 2 aliphatic heterocycles. The van der Waals surface area contributed by atoms with E-state index in [0.29, 0.717) is 37.2 Å². The topological polar surface area (TPSA) is 79.0 Å². The predicted octanol–water partition coefficient (Wildman–Crippen LogP) is 2.31. The second-order valence-corrected chi connectivity index (χ2v) is 8.34. The first-order valence-electron chi connectivity index (χ1n) is 10.6. The van der Waals surface area contributed by atoms with Crippen LogP contribution in [0.1, 0.15) is 62.2 Å². The molecule has 0 unspecified atom stereocenters. The molecule has 4 rings (SSSR count). The number of nitrogens with one attached hydrogen (secondary N) is 1. The average molecular weight is 399 g/mol. The number of benzene rings is 1. The lowest BCUT2D eigenvalue weighted by Gasteiger charge is -2.50. The number of amides is 3. The quantitative estimate of drug-likeness (QED) is 0.846. The molecular weight excluding hydrogens is 370 g/mol. The van der Waals surface area contributed by atoms with E-state index in [1.54, 1.807) is 34.9 Å². The van der Waals surface area contributed by atoms with E-state index in [0.717, 1.165) is 25.7 Å². The summed E-state index contributed by atoms with van der Waals surface area (Å²) >= 11 is 0. The van der Waals surface area contributed by atoms with Gasteiger partial charge in [-0.1, -0.05) is 31.4 Å². The minimum absolute atomic E-state index is 0.0176. The number of piperidine rings is 1. The van der Waals surface area contributed by atoms with Crippen molar-refractivity contribution in [1.82, 2.24) is 15.1 Å². The van der Waals surface area contributed by atoms with E-state index in [2.05, 4.69) is 5.32 Å². The van der Waals surface area contributed by atoms with Gasteiger partial charge in [0.05, 0.1) is 5.56 Å². The smallest absolute Gasteiger partial charge is 0.261 e. The number of rotatable bonds is 3. The Hall–Kier alpha value is -2.57. The Morgan fingerprint density at radius 3 is 2.52 bits per heavy atom. The summed E-state index contributed by atoms with van der Waals surface area (Å²) in [5.74, 6) is 0.255. The van der Waals surface area contributed by atoms with E-state index in [-0.39, 0.29) is 30.3 Å². The normalized spacial score (nSPS) is 21.5. The van der Waals surface area contributed by atoms with Crippen molar-refractivity contribution in [2.24, 2.45) is 0 Å². The maximum Gasteiger partial charge on any atom is 0.261 e. The van der Waals surface area contributed by atoms with Crippen molar-refractivity contribution in [2.75, 3.05) is 19.6 Å². The average Bonchev–Trinajstić information content (AvgIpc) is 2.72. The molecule has 2 heterocycles. The number of hydrogen-bond donors (Lipinski definition) is 1. The molecule has 1 spiro atoms. The standard InChI is InChI=1S/C22H29N3O4/c1-16(26)24-13-11-22(12-14-24)25(15-20(27)23-17-7-3-2-4-8-17)21(28)18-9-5-6-10-19(18)29-22/h5-6,9-10,17H,2-4,7-8,11-15H2,1H3,(H,23,27). The largest absolute Gasteiger partial charge is 0.467 e. The number of nitrogens with zero attached hydrogens (tertiary/aromatic N) is 2. The van der Waals surface area contributed by atoms with Gasteiger partial charge in [0, 0.05) is 38.9 Å². The molecule has 3 aliphatic rings. The van der Waals surface area contributed by atoms with E-state index >= 15 is 0 Å². The summed E-state index contributed by atoms with van der Waals surface area (Å²) in [7, 11) is 0. The summed E-state index contributed by atoms with van der Waals surface area (Å²) in [6.45, 7) is 2.54. The van der Waals surface area contributed by atoms with E-state index in [1.165, 1.54) is 6.42 Å². The predicted molar refractivity (Wildman–Crippen MR) is 107 cm³/mol. The molecule has 29 heavy (non-hydrogen) atoms. The zero-order chi connectivity index (χ0) is 20.4. The molecule has 7 heteroatoms. The van der Waals surface area contributed by atoms with Crippen LogP contribution >= 0.6 is 0 Å². The molecule has 1 aliphatic carbocycles. The Bertz CT molecular complexity index is 795. The summed E-state index contributed by atoms with van der Waals surface area (Å²) in [6, 6.07) is 7.37. The van der Waals surface area contributed by atoms with Crippen LogP contribution in [0.4, 0.5) is 0 Å². The van der Waals surface area contributed by atoms with E-state index in [4.69, 9.17) is 4.74 Å². The maximum absolute atomic E-state index is 13.3. The van der Waals surface area contributed by atoms with Gasteiger partial charge in [-0.15, -0.1) is 0 Å². The number of fused-ring (bicyclic) bond motifs is 1. The van der Waals surface area contributed by atoms with Gasteiger partial charge in [0.15, 0.2) is 5.72 Å². The second kappa shape index (κ2) is 8.05. The molecule has 1 saturated carbocycles. The molecule has 3 amide bonds. The zero-order valence-corrected chi connectivity index (χ0v) is 17.0. The van der Waals surface area contributed by atoms with Crippen molar-refractivity contribution in [2.45, 2.75) is 63.6 Å². The Balaban J connectivity index is 1.55. The molecule has 1 aromatic rings.